The minimum absolute atomic E-state index is 1.17. The molecule has 0 fully saturated rings. The molecule has 0 aliphatic rings. The summed E-state index contributed by atoms with van der Waals surface area (Å²) < 4.78 is 0. The maximum atomic E-state index is 3.63. The molecular weight excluding hydrogens is 216 g/mol. The molecule has 0 spiro atoms. The van der Waals surface area contributed by atoms with Crippen LogP contribution in [0.3, 0.4) is 0 Å². The molecule has 18 heavy (non-hydrogen) atoms. The minimum Gasteiger partial charge on any atom is -0.106 e. The van der Waals surface area contributed by atoms with Gasteiger partial charge in [-0.25, -0.2) is 0 Å². The van der Waals surface area contributed by atoms with Crippen molar-refractivity contribution in [1.82, 2.24) is 0 Å². The highest BCUT2D eigenvalue weighted by Crippen LogP contribution is 1.98. The van der Waals surface area contributed by atoms with Gasteiger partial charge in [0.05, 0.1) is 0 Å². The highest BCUT2D eigenvalue weighted by atomic mass is 13.8. The van der Waals surface area contributed by atoms with Gasteiger partial charge in [0.15, 0.2) is 0 Å². The Kier molecular flexibility index (Phi) is 9.70. The summed E-state index contributed by atoms with van der Waals surface area (Å²) in [5.74, 6) is 0. The summed E-state index contributed by atoms with van der Waals surface area (Å²) in [4.78, 5) is 0. The topological polar surface area (TPSA) is 0 Å². The number of benzene rings is 2. The number of hydrogen-bond donors (Lipinski definition) is 0. The van der Waals surface area contributed by atoms with Crippen LogP contribution in [0.4, 0.5) is 0 Å². The van der Waals surface area contributed by atoms with E-state index in [0.29, 0.717) is 0 Å². The third-order valence-corrected chi connectivity index (χ3v) is 2.07. The van der Waals surface area contributed by atoms with Crippen LogP contribution in [-0.2, 0) is 0 Å². The van der Waals surface area contributed by atoms with Crippen molar-refractivity contribution < 1.29 is 0 Å². The first-order valence-electron chi connectivity index (χ1n) is 5.72. The average Bonchev–Trinajstić information content (AvgIpc) is 2.51. The number of rotatable bonds is 2. The first kappa shape index (κ1) is 15.7. The van der Waals surface area contributed by atoms with Crippen molar-refractivity contribution in [2.75, 3.05) is 0 Å². The van der Waals surface area contributed by atoms with E-state index in [0.717, 1.165) is 0 Å². The molecule has 0 bridgehead atoms. The lowest BCUT2D eigenvalue weighted by atomic mass is 10.2. The lowest BCUT2D eigenvalue weighted by Crippen LogP contribution is -1.63. The van der Waals surface area contributed by atoms with Crippen LogP contribution >= 0.6 is 0 Å². The van der Waals surface area contributed by atoms with Gasteiger partial charge in [-0.3, -0.25) is 0 Å². The van der Waals surface area contributed by atoms with Gasteiger partial charge in [0.25, 0.3) is 0 Å². The molecule has 0 radical (unpaired) electrons. The Hall–Kier alpha value is -2.34. The molecule has 0 heterocycles. The van der Waals surface area contributed by atoms with Crippen LogP contribution in [0.1, 0.15) is 11.1 Å². The standard InChI is InChI=1S/2C8H8.C2H4/c2*1-2-8-6-4-3-5-7-8;1-2/h2*2-7H,1H2;1-2H2. The first-order chi connectivity index (χ1) is 8.86. The summed E-state index contributed by atoms with van der Waals surface area (Å²) in [7, 11) is 0. The Labute approximate surface area is 111 Å². The molecule has 0 aliphatic heterocycles. The van der Waals surface area contributed by atoms with E-state index in [4.69, 9.17) is 0 Å². The fraction of sp³-hybridized carbons (Fsp3) is 0. The monoisotopic (exact) mass is 236 g/mol. The quantitative estimate of drug-likeness (QED) is 0.607. The normalized spacial score (nSPS) is 7.78. The van der Waals surface area contributed by atoms with Crippen molar-refractivity contribution in [3.8, 4) is 0 Å². The molecule has 92 valence electrons. The number of hydrogen-bond acceptors (Lipinski definition) is 0. The summed E-state index contributed by atoms with van der Waals surface area (Å²) in [5.41, 5.74) is 2.35. The summed E-state index contributed by atoms with van der Waals surface area (Å²) in [6, 6.07) is 20.1. The third kappa shape index (κ3) is 7.02. The van der Waals surface area contributed by atoms with Crippen LogP contribution < -0.4 is 0 Å². The van der Waals surface area contributed by atoms with Gasteiger partial charge in [-0.15, -0.1) is 13.2 Å². The molecule has 0 atom stereocenters. The Morgan fingerprint density at radius 1 is 0.556 bits per heavy atom. The van der Waals surface area contributed by atoms with Gasteiger partial charge in [0.2, 0.25) is 0 Å². The van der Waals surface area contributed by atoms with E-state index in [9.17, 15) is 0 Å². The maximum absolute atomic E-state index is 3.63. The van der Waals surface area contributed by atoms with E-state index >= 15 is 0 Å². The van der Waals surface area contributed by atoms with Crippen LogP contribution in [0.25, 0.3) is 12.2 Å². The van der Waals surface area contributed by atoms with Crippen LogP contribution in [0.5, 0.6) is 0 Å². The van der Waals surface area contributed by atoms with Crippen molar-refractivity contribution >= 4 is 12.2 Å². The smallest absolute Gasteiger partial charge is 0.0263 e. The fourth-order valence-corrected chi connectivity index (χ4v) is 1.18. The third-order valence-electron chi connectivity index (χ3n) is 2.07. The SMILES string of the molecule is C=C.C=Cc1ccccc1.C=Cc1ccccc1. The lowest BCUT2D eigenvalue weighted by molar-refractivity contribution is 1.67. The molecule has 0 N–H and O–H groups in total. The second-order valence-corrected chi connectivity index (χ2v) is 3.23. The van der Waals surface area contributed by atoms with Gasteiger partial charge in [-0.1, -0.05) is 86.0 Å². The van der Waals surface area contributed by atoms with Crippen molar-refractivity contribution in [2.24, 2.45) is 0 Å². The zero-order valence-corrected chi connectivity index (χ0v) is 10.8. The minimum atomic E-state index is 1.17. The van der Waals surface area contributed by atoms with E-state index in [1.165, 1.54) is 11.1 Å². The van der Waals surface area contributed by atoms with Gasteiger partial charge in [-0.05, 0) is 11.1 Å². The molecule has 0 saturated carbocycles. The molecule has 0 aromatic heterocycles. The summed E-state index contributed by atoms with van der Waals surface area (Å²) >= 11 is 0. The molecule has 2 aromatic carbocycles. The van der Waals surface area contributed by atoms with Crippen molar-refractivity contribution in [3.05, 3.63) is 98.1 Å². The predicted molar refractivity (Wildman–Crippen MR) is 84.3 cm³/mol. The Balaban J connectivity index is 0.000000283. The van der Waals surface area contributed by atoms with Crippen molar-refractivity contribution in [3.63, 3.8) is 0 Å². The second-order valence-electron chi connectivity index (χ2n) is 3.23. The maximum Gasteiger partial charge on any atom is -0.0263 e. The van der Waals surface area contributed by atoms with E-state index in [1.807, 2.05) is 72.8 Å². The molecule has 0 saturated heterocycles. The van der Waals surface area contributed by atoms with Gasteiger partial charge in [0, 0.05) is 0 Å². The zero-order valence-electron chi connectivity index (χ0n) is 10.8. The fourth-order valence-electron chi connectivity index (χ4n) is 1.18. The highest BCUT2D eigenvalue weighted by molar-refractivity contribution is 5.46. The largest absolute Gasteiger partial charge is 0.106 e. The van der Waals surface area contributed by atoms with E-state index in [-0.39, 0.29) is 0 Å². The van der Waals surface area contributed by atoms with Gasteiger partial charge in [0.1, 0.15) is 0 Å². The van der Waals surface area contributed by atoms with Crippen molar-refractivity contribution in [1.29, 1.82) is 0 Å². The van der Waals surface area contributed by atoms with Gasteiger partial charge >= 0.3 is 0 Å². The molecule has 0 nitrogen and oxygen atoms in total. The first-order valence-corrected chi connectivity index (χ1v) is 5.72. The Morgan fingerprint density at radius 3 is 1.00 bits per heavy atom. The summed E-state index contributed by atoms with van der Waals surface area (Å²) in [5, 5.41) is 0. The molecule has 0 amide bonds. The second kappa shape index (κ2) is 11.2. The van der Waals surface area contributed by atoms with Crippen LogP contribution in [-0.4, -0.2) is 0 Å². The van der Waals surface area contributed by atoms with Crippen LogP contribution in [0.2, 0.25) is 0 Å². The van der Waals surface area contributed by atoms with Crippen LogP contribution in [0.15, 0.2) is 87.0 Å². The highest BCUT2D eigenvalue weighted by Gasteiger charge is 1.76. The lowest BCUT2D eigenvalue weighted by Gasteiger charge is -1.85. The Morgan fingerprint density at radius 2 is 0.833 bits per heavy atom. The van der Waals surface area contributed by atoms with Gasteiger partial charge in [-0.2, -0.15) is 0 Å². The summed E-state index contributed by atoms with van der Waals surface area (Å²) in [6.45, 7) is 13.3. The van der Waals surface area contributed by atoms with Crippen LogP contribution in [0, 0.1) is 0 Å². The average molecular weight is 236 g/mol. The van der Waals surface area contributed by atoms with E-state index < -0.39 is 0 Å². The predicted octanol–water partition coefficient (Wildman–Crippen LogP) is 5.46. The molecule has 2 rings (SSSR count). The van der Waals surface area contributed by atoms with Crippen molar-refractivity contribution in [2.45, 2.75) is 0 Å². The zero-order chi connectivity index (χ0) is 13.6. The molecule has 2 aromatic rings. The molecular formula is C18H20. The van der Waals surface area contributed by atoms with E-state index in [2.05, 4.69) is 26.3 Å². The molecule has 0 unspecified atom stereocenters. The summed E-state index contributed by atoms with van der Waals surface area (Å²) in [6.07, 6.45) is 3.67. The van der Waals surface area contributed by atoms with Gasteiger partial charge < -0.3 is 0 Å². The molecule has 0 heteroatoms. The Bertz CT molecular complexity index is 383. The van der Waals surface area contributed by atoms with E-state index in [1.54, 1.807) is 0 Å². The molecule has 0 aliphatic carbocycles.